The molecule has 1 saturated carbocycles. The summed E-state index contributed by atoms with van der Waals surface area (Å²) in [6.45, 7) is 7.44. The Morgan fingerprint density at radius 1 is 1.33 bits per heavy atom. The molecule has 166 valence electrons. The molecule has 3 rings (SSSR count). The molecular weight excluding hydrogens is 392 g/mol. The number of hydrogen-bond acceptors (Lipinski definition) is 7. The van der Waals surface area contributed by atoms with Crippen molar-refractivity contribution in [3.8, 4) is 0 Å². The van der Waals surface area contributed by atoms with E-state index in [4.69, 9.17) is 14.0 Å². The van der Waals surface area contributed by atoms with E-state index in [1.165, 1.54) is 13.1 Å². The fourth-order valence-electron chi connectivity index (χ4n) is 4.09. The summed E-state index contributed by atoms with van der Waals surface area (Å²) < 4.78 is 15.5. The summed E-state index contributed by atoms with van der Waals surface area (Å²) in [5.41, 5.74) is -0.216. The minimum Gasteiger partial charge on any atom is -0.444 e. The van der Waals surface area contributed by atoms with Crippen LogP contribution >= 0.6 is 0 Å². The van der Waals surface area contributed by atoms with Gasteiger partial charge in [-0.15, -0.1) is 0 Å². The third kappa shape index (κ3) is 5.43. The molecule has 2 aliphatic rings. The number of likely N-dealkylation sites (tertiary alicyclic amines) is 1. The van der Waals surface area contributed by atoms with Crippen LogP contribution in [0.1, 0.15) is 56.3 Å². The first-order valence-corrected chi connectivity index (χ1v) is 10.2. The number of aromatic nitrogens is 1. The number of nitrogens with zero attached hydrogens (tertiary/aromatic N) is 2. The van der Waals surface area contributed by atoms with Gasteiger partial charge in [-0.2, -0.15) is 0 Å². The zero-order valence-corrected chi connectivity index (χ0v) is 17.9. The van der Waals surface area contributed by atoms with Crippen molar-refractivity contribution in [1.29, 1.82) is 0 Å². The van der Waals surface area contributed by atoms with E-state index in [2.05, 4.69) is 15.8 Å². The highest BCUT2D eigenvalue weighted by atomic mass is 16.6. The highest BCUT2D eigenvalue weighted by molar-refractivity contribution is 5.91. The van der Waals surface area contributed by atoms with Crippen LogP contribution in [0.15, 0.2) is 10.6 Å². The van der Waals surface area contributed by atoms with E-state index in [0.29, 0.717) is 31.3 Å². The van der Waals surface area contributed by atoms with E-state index in [1.807, 2.05) is 20.8 Å². The molecule has 1 aromatic rings. The Kier molecular flexibility index (Phi) is 6.23. The summed E-state index contributed by atoms with van der Waals surface area (Å²) >= 11 is 0. The number of rotatable bonds is 5. The first-order valence-electron chi connectivity index (χ1n) is 10.2. The van der Waals surface area contributed by atoms with Gasteiger partial charge in [0.25, 0.3) is 5.91 Å². The third-order valence-corrected chi connectivity index (χ3v) is 5.43. The van der Waals surface area contributed by atoms with Crippen molar-refractivity contribution in [1.82, 2.24) is 20.7 Å². The smallest absolute Gasteiger partial charge is 0.410 e. The minimum absolute atomic E-state index is 0.102. The van der Waals surface area contributed by atoms with Gasteiger partial charge >= 0.3 is 12.2 Å². The molecule has 0 unspecified atom stereocenters. The Bertz CT molecular complexity index is 793. The van der Waals surface area contributed by atoms with Gasteiger partial charge in [0.15, 0.2) is 18.1 Å². The number of carbonyl (C=O) groups is 3. The molecule has 2 N–H and O–H groups in total. The Balaban J connectivity index is 1.34. The highest BCUT2D eigenvalue weighted by Crippen LogP contribution is 2.51. The van der Waals surface area contributed by atoms with Crippen LogP contribution in [0, 0.1) is 11.3 Å². The molecule has 3 amide bonds. The summed E-state index contributed by atoms with van der Waals surface area (Å²) in [4.78, 5) is 37.3. The largest absolute Gasteiger partial charge is 0.444 e. The van der Waals surface area contributed by atoms with Gasteiger partial charge < -0.3 is 29.5 Å². The average molecular weight is 422 g/mol. The van der Waals surface area contributed by atoms with Crippen LogP contribution in [0.4, 0.5) is 9.59 Å². The number of carbonyl (C=O) groups excluding carboxylic acids is 3. The quantitative estimate of drug-likeness (QED) is 0.746. The van der Waals surface area contributed by atoms with Gasteiger partial charge in [-0.05, 0) is 51.4 Å². The normalized spacial score (nSPS) is 23.1. The van der Waals surface area contributed by atoms with Crippen LogP contribution in [0.5, 0.6) is 0 Å². The van der Waals surface area contributed by atoms with Crippen molar-refractivity contribution < 1.29 is 28.4 Å². The molecule has 1 aliphatic heterocycles. The zero-order valence-electron chi connectivity index (χ0n) is 17.9. The Morgan fingerprint density at radius 3 is 2.73 bits per heavy atom. The molecule has 10 heteroatoms. The molecule has 0 atom stereocenters. The monoisotopic (exact) mass is 422 g/mol. The Hall–Kier alpha value is -2.78. The fourth-order valence-corrected chi connectivity index (χ4v) is 4.09. The Morgan fingerprint density at radius 2 is 2.07 bits per heavy atom. The second-order valence-corrected chi connectivity index (χ2v) is 9.14. The van der Waals surface area contributed by atoms with Crippen molar-refractivity contribution in [2.24, 2.45) is 11.3 Å². The van der Waals surface area contributed by atoms with Crippen molar-refractivity contribution >= 4 is 18.1 Å². The van der Waals surface area contributed by atoms with Crippen LogP contribution < -0.4 is 10.6 Å². The van der Waals surface area contributed by atoms with Crippen LogP contribution in [0.25, 0.3) is 0 Å². The first-order chi connectivity index (χ1) is 14.1. The molecular formula is C20H30N4O6. The molecule has 2 heterocycles. The van der Waals surface area contributed by atoms with Crippen molar-refractivity contribution in [2.45, 2.75) is 52.2 Å². The minimum atomic E-state index is -0.546. The Labute approximate surface area is 175 Å². The molecule has 1 aromatic heterocycles. The summed E-state index contributed by atoms with van der Waals surface area (Å²) in [7, 11) is 1.49. The first kappa shape index (κ1) is 21.9. The molecule has 0 bridgehead atoms. The van der Waals surface area contributed by atoms with Gasteiger partial charge in [0, 0.05) is 32.7 Å². The van der Waals surface area contributed by atoms with E-state index in [0.717, 1.165) is 19.3 Å². The van der Waals surface area contributed by atoms with Crippen LogP contribution in [0.2, 0.25) is 0 Å². The molecule has 1 spiro atoms. The lowest BCUT2D eigenvalue weighted by Crippen LogP contribution is -2.45. The third-order valence-electron chi connectivity index (χ3n) is 5.43. The van der Waals surface area contributed by atoms with Gasteiger partial charge in [0.05, 0.1) is 0 Å². The summed E-state index contributed by atoms with van der Waals surface area (Å²) in [5.74, 6) is 0.284. The molecule has 30 heavy (non-hydrogen) atoms. The van der Waals surface area contributed by atoms with Crippen LogP contribution in [-0.4, -0.2) is 60.4 Å². The lowest BCUT2D eigenvalue weighted by atomic mass is 9.61. The number of hydrogen-bond donors (Lipinski definition) is 2. The summed E-state index contributed by atoms with van der Waals surface area (Å²) in [5, 5.41) is 8.80. The molecule has 1 aliphatic carbocycles. The lowest BCUT2D eigenvalue weighted by Gasteiger charge is -2.45. The second-order valence-electron chi connectivity index (χ2n) is 9.14. The number of ether oxygens (including phenoxy) is 2. The van der Waals surface area contributed by atoms with Gasteiger partial charge in [-0.1, -0.05) is 5.16 Å². The number of nitrogens with one attached hydrogen (secondary N) is 2. The van der Waals surface area contributed by atoms with Gasteiger partial charge in [-0.25, -0.2) is 9.59 Å². The maximum absolute atomic E-state index is 12.2. The summed E-state index contributed by atoms with van der Waals surface area (Å²) in [6.07, 6.45) is 2.09. The highest BCUT2D eigenvalue weighted by Gasteiger charge is 2.49. The van der Waals surface area contributed by atoms with Crippen molar-refractivity contribution in [2.75, 3.05) is 26.7 Å². The summed E-state index contributed by atoms with van der Waals surface area (Å²) in [6, 6.07) is 1.43. The standard InChI is InChI=1S/C20H30N4O6/c1-19(2,3)29-18(27)24-6-5-20(12-24)8-13(9-20)10-22-17(26)28-11-14-7-15(23-30-14)16(25)21-4/h7,13H,5-6,8-12H2,1-4H3,(H,21,25)(H,22,26). The number of alkyl carbamates (subject to hydrolysis) is 1. The molecule has 0 radical (unpaired) electrons. The van der Waals surface area contributed by atoms with Gasteiger partial charge in [-0.3, -0.25) is 4.79 Å². The molecule has 0 aromatic carbocycles. The van der Waals surface area contributed by atoms with Crippen molar-refractivity contribution in [3.05, 3.63) is 17.5 Å². The number of amides is 3. The van der Waals surface area contributed by atoms with Crippen LogP contribution in [-0.2, 0) is 16.1 Å². The van der Waals surface area contributed by atoms with E-state index >= 15 is 0 Å². The van der Waals surface area contributed by atoms with Crippen molar-refractivity contribution in [3.63, 3.8) is 0 Å². The van der Waals surface area contributed by atoms with Crippen LogP contribution in [0.3, 0.4) is 0 Å². The topological polar surface area (TPSA) is 123 Å². The SMILES string of the molecule is CNC(=O)c1cc(COC(=O)NCC2CC3(CCN(C(=O)OC(C)(C)C)C3)C2)on1. The fraction of sp³-hybridized carbons (Fsp3) is 0.700. The van der Waals surface area contributed by atoms with E-state index in [1.54, 1.807) is 4.90 Å². The van der Waals surface area contributed by atoms with E-state index in [9.17, 15) is 14.4 Å². The molecule has 1 saturated heterocycles. The van der Waals surface area contributed by atoms with E-state index in [-0.39, 0.29) is 29.7 Å². The van der Waals surface area contributed by atoms with E-state index < -0.39 is 11.7 Å². The predicted molar refractivity (Wildman–Crippen MR) is 106 cm³/mol. The second kappa shape index (κ2) is 8.53. The van der Waals surface area contributed by atoms with Gasteiger partial charge in [0.2, 0.25) is 0 Å². The maximum atomic E-state index is 12.2. The average Bonchev–Trinajstić information content (AvgIpc) is 3.29. The predicted octanol–water partition coefficient (Wildman–Crippen LogP) is 2.30. The molecule has 10 nitrogen and oxygen atoms in total. The maximum Gasteiger partial charge on any atom is 0.410 e. The zero-order chi connectivity index (χ0) is 21.9. The lowest BCUT2D eigenvalue weighted by molar-refractivity contribution is 0.0183. The molecule has 2 fully saturated rings. The van der Waals surface area contributed by atoms with Gasteiger partial charge in [0.1, 0.15) is 5.60 Å².